The summed E-state index contributed by atoms with van der Waals surface area (Å²) in [6.07, 6.45) is 10.9. The highest BCUT2D eigenvalue weighted by Crippen LogP contribution is 2.63. The fraction of sp³-hybridized carbons (Fsp3) is 0.684. The Morgan fingerprint density at radius 1 is 1.18 bits per heavy atom. The van der Waals surface area contributed by atoms with Gasteiger partial charge in [-0.3, -0.25) is 0 Å². The molecule has 2 unspecified atom stereocenters. The average Bonchev–Trinajstić information content (AvgIpc) is 2.77. The fourth-order valence-electron chi connectivity index (χ4n) is 5.68. The number of hydrogen-bond donors (Lipinski definition) is 3. The van der Waals surface area contributed by atoms with Gasteiger partial charge in [-0.05, 0) is 55.6 Å². The van der Waals surface area contributed by atoms with E-state index in [1.54, 1.807) is 0 Å². The third-order valence-corrected chi connectivity index (χ3v) is 7.18. The average molecular weight is 301 g/mol. The molecule has 0 radical (unpaired) electrons. The lowest BCUT2D eigenvalue weighted by Gasteiger charge is -2.52. The SMILES string of the molecule is C[C@]12C=CC(N)CC1=CC(O)=C1[C@H]2CC[C@]2(C)C(O)CC[C@@H]12. The van der Waals surface area contributed by atoms with E-state index in [4.69, 9.17) is 5.73 Å². The van der Waals surface area contributed by atoms with Gasteiger partial charge in [-0.15, -0.1) is 0 Å². The van der Waals surface area contributed by atoms with Crippen LogP contribution in [0.15, 0.2) is 35.1 Å². The third-order valence-electron chi connectivity index (χ3n) is 7.18. The van der Waals surface area contributed by atoms with Crippen molar-refractivity contribution in [3.63, 3.8) is 0 Å². The molecule has 0 spiro atoms. The number of nitrogens with two attached hydrogens (primary N) is 1. The van der Waals surface area contributed by atoms with Crippen molar-refractivity contribution in [3.05, 3.63) is 35.1 Å². The molecular formula is C19H27NO2. The molecule has 3 heteroatoms. The molecule has 2 saturated carbocycles. The fourth-order valence-corrected chi connectivity index (χ4v) is 5.68. The Balaban J connectivity index is 1.83. The lowest BCUT2D eigenvalue weighted by Crippen LogP contribution is -2.46. The Morgan fingerprint density at radius 2 is 1.95 bits per heavy atom. The van der Waals surface area contributed by atoms with Crippen LogP contribution in [0.25, 0.3) is 0 Å². The van der Waals surface area contributed by atoms with Gasteiger partial charge in [-0.25, -0.2) is 0 Å². The zero-order valence-corrected chi connectivity index (χ0v) is 13.5. The summed E-state index contributed by atoms with van der Waals surface area (Å²) in [7, 11) is 0. The van der Waals surface area contributed by atoms with Crippen LogP contribution in [0.5, 0.6) is 0 Å². The molecule has 3 nitrogen and oxygen atoms in total. The molecule has 2 fully saturated rings. The Hall–Kier alpha value is -1.06. The summed E-state index contributed by atoms with van der Waals surface area (Å²) in [5, 5.41) is 21.2. The van der Waals surface area contributed by atoms with E-state index in [-0.39, 0.29) is 23.0 Å². The molecule has 0 saturated heterocycles. The van der Waals surface area contributed by atoms with Crippen molar-refractivity contribution in [2.75, 3.05) is 0 Å². The highest BCUT2D eigenvalue weighted by molar-refractivity contribution is 5.45. The van der Waals surface area contributed by atoms with Crippen LogP contribution in [0, 0.1) is 22.7 Å². The van der Waals surface area contributed by atoms with E-state index in [2.05, 4.69) is 26.0 Å². The molecule has 0 aliphatic heterocycles. The van der Waals surface area contributed by atoms with Gasteiger partial charge in [-0.1, -0.05) is 31.6 Å². The number of hydrogen-bond acceptors (Lipinski definition) is 3. The maximum Gasteiger partial charge on any atom is 0.115 e. The van der Waals surface area contributed by atoms with Gasteiger partial charge in [0.05, 0.1) is 6.10 Å². The standard InChI is InChI=1S/C19H27NO2/c1-18-7-5-12(20)9-11(18)10-15(21)17-13-3-4-16(22)19(13,2)8-6-14(17)18/h5,7,10,12-14,16,21-22H,3-4,6,8-9,20H2,1-2H3/t12?,13-,14+,16?,18-,19-/m0/s1. The smallest absolute Gasteiger partial charge is 0.115 e. The van der Waals surface area contributed by atoms with Gasteiger partial charge in [0.2, 0.25) is 0 Å². The van der Waals surface area contributed by atoms with Crippen LogP contribution in [-0.2, 0) is 0 Å². The Bertz CT molecular complexity index is 605. The summed E-state index contributed by atoms with van der Waals surface area (Å²) in [4.78, 5) is 0. The summed E-state index contributed by atoms with van der Waals surface area (Å²) < 4.78 is 0. The largest absolute Gasteiger partial charge is 0.508 e. The van der Waals surface area contributed by atoms with Crippen molar-refractivity contribution in [2.24, 2.45) is 28.4 Å². The second kappa shape index (κ2) is 4.48. The first-order chi connectivity index (χ1) is 10.4. The molecule has 120 valence electrons. The molecule has 4 aliphatic rings. The van der Waals surface area contributed by atoms with E-state index < -0.39 is 0 Å². The normalized spacial score (nSPS) is 50.3. The van der Waals surface area contributed by atoms with E-state index in [1.165, 1.54) is 11.1 Å². The maximum absolute atomic E-state index is 10.7. The zero-order valence-electron chi connectivity index (χ0n) is 13.5. The van der Waals surface area contributed by atoms with E-state index in [1.807, 2.05) is 6.08 Å². The minimum absolute atomic E-state index is 0.00763. The zero-order chi connectivity index (χ0) is 15.7. The molecule has 0 aromatic heterocycles. The van der Waals surface area contributed by atoms with Crippen molar-refractivity contribution >= 4 is 0 Å². The predicted molar refractivity (Wildman–Crippen MR) is 87.1 cm³/mol. The van der Waals surface area contributed by atoms with Gasteiger partial charge in [0.15, 0.2) is 0 Å². The summed E-state index contributed by atoms with van der Waals surface area (Å²) in [6.45, 7) is 4.51. The van der Waals surface area contributed by atoms with E-state index in [9.17, 15) is 10.2 Å². The Morgan fingerprint density at radius 3 is 2.73 bits per heavy atom. The summed E-state index contributed by atoms with van der Waals surface area (Å²) in [6, 6.07) is 0.0656. The van der Waals surface area contributed by atoms with Crippen LogP contribution in [-0.4, -0.2) is 22.4 Å². The minimum Gasteiger partial charge on any atom is -0.508 e. The number of aliphatic hydroxyl groups is 2. The highest BCUT2D eigenvalue weighted by atomic mass is 16.3. The molecule has 0 aromatic carbocycles. The van der Waals surface area contributed by atoms with Crippen LogP contribution in [0.3, 0.4) is 0 Å². The van der Waals surface area contributed by atoms with Crippen LogP contribution < -0.4 is 5.73 Å². The van der Waals surface area contributed by atoms with Crippen molar-refractivity contribution in [1.82, 2.24) is 0 Å². The van der Waals surface area contributed by atoms with Crippen molar-refractivity contribution < 1.29 is 10.2 Å². The second-order valence-electron chi connectivity index (χ2n) is 8.26. The van der Waals surface area contributed by atoms with Crippen LogP contribution in [0.4, 0.5) is 0 Å². The van der Waals surface area contributed by atoms with Crippen molar-refractivity contribution in [3.8, 4) is 0 Å². The predicted octanol–water partition coefficient (Wildman–Crippen LogP) is 3.22. The number of aliphatic hydroxyl groups excluding tert-OH is 2. The summed E-state index contributed by atoms with van der Waals surface area (Å²) in [5.74, 6) is 1.14. The van der Waals surface area contributed by atoms with E-state index in [0.717, 1.165) is 32.1 Å². The lowest BCUT2D eigenvalue weighted by molar-refractivity contribution is 0.0108. The van der Waals surface area contributed by atoms with Gasteiger partial charge < -0.3 is 15.9 Å². The molecule has 4 aliphatic carbocycles. The van der Waals surface area contributed by atoms with Gasteiger partial charge in [0.25, 0.3) is 0 Å². The van der Waals surface area contributed by atoms with Crippen LogP contribution >= 0.6 is 0 Å². The van der Waals surface area contributed by atoms with Crippen molar-refractivity contribution in [2.45, 2.75) is 58.1 Å². The number of allylic oxidation sites excluding steroid dienone is 3. The first-order valence-electron chi connectivity index (χ1n) is 8.63. The van der Waals surface area contributed by atoms with Crippen LogP contribution in [0.2, 0.25) is 0 Å². The first kappa shape index (κ1) is 14.5. The van der Waals surface area contributed by atoms with Gasteiger partial charge in [-0.2, -0.15) is 0 Å². The molecule has 4 rings (SSSR count). The molecule has 4 N–H and O–H groups in total. The van der Waals surface area contributed by atoms with Gasteiger partial charge >= 0.3 is 0 Å². The highest BCUT2D eigenvalue weighted by Gasteiger charge is 2.56. The molecule has 0 amide bonds. The number of fused-ring (bicyclic) bond motifs is 5. The number of rotatable bonds is 0. The monoisotopic (exact) mass is 301 g/mol. The molecule has 0 heterocycles. The van der Waals surface area contributed by atoms with E-state index in [0.29, 0.717) is 17.6 Å². The van der Waals surface area contributed by atoms with Crippen molar-refractivity contribution in [1.29, 1.82) is 0 Å². The molecular weight excluding hydrogens is 274 g/mol. The maximum atomic E-state index is 10.7. The Labute approximate surface area is 132 Å². The topological polar surface area (TPSA) is 66.5 Å². The first-order valence-corrected chi connectivity index (χ1v) is 8.63. The molecule has 0 bridgehead atoms. The van der Waals surface area contributed by atoms with Crippen LogP contribution in [0.1, 0.15) is 46.0 Å². The second-order valence-corrected chi connectivity index (χ2v) is 8.26. The molecule has 22 heavy (non-hydrogen) atoms. The summed E-state index contributed by atoms with van der Waals surface area (Å²) >= 11 is 0. The van der Waals surface area contributed by atoms with Gasteiger partial charge in [0.1, 0.15) is 5.76 Å². The van der Waals surface area contributed by atoms with E-state index >= 15 is 0 Å². The minimum atomic E-state index is -0.229. The quantitative estimate of drug-likeness (QED) is 0.602. The lowest BCUT2D eigenvalue weighted by atomic mass is 9.52. The molecule has 6 atom stereocenters. The Kier molecular flexibility index (Phi) is 2.96. The molecule has 0 aromatic rings. The van der Waals surface area contributed by atoms with Gasteiger partial charge in [0, 0.05) is 16.9 Å². The third kappa shape index (κ3) is 1.70. The summed E-state index contributed by atoms with van der Waals surface area (Å²) in [5.41, 5.74) is 8.49.